The summed E-state index contributed by atoms with van der Waals surface area (Å²) in [6.07, 6.45) is 5.21. The molecule has 3 aliphatic heterocycles. The van der Waals surface area contributed by atoms with Crippen LogP contribution >= 0.6 is 0 Å². The molecule has 3 aliphatic rings. The molecule has 0 spiro atoms. The van der Waals surface area contributed by atoms with Crippen molar-refractivity contribution in [2.24, 2.45) is 0 Å². The number of aromatic nitrogens is 2. The Morgan fingerprint density at radius 3 is 2.81 bits per heavy atom. The van der Waals surface area contributed by atoms with E-state index < -0.39 is 0 Å². The molecule has 9 nitrogen and oxygen atoms in total. The van der Waals surface area contributed by atoms with Gasteiger partial charge in [0.25, 0.3) is 5.91 Å². The number of benzene rings is 1. The van der Waals surface area contributed by atoms with Crippen molar-refractivity contribution in [2.75, 3.05) is 44.9 Å². The smallest absolute Gasteiger partial charge is 0.272 e. The molecule has 5 rings (SSSR count). The van der Waals surface area contributed by atoms with E-state index in [0.717, 1.165) is 55.8 Å². The average molecular weight is 491 g/mol. The Morgan fingerprint density at radius 1 is 1.19 bits per heavy atom. The molecule has 1 amide bonds. The van der Waals surface area contributed by atoms with Crippen LogP contribution in [-0.4, -0.2) is 78.9 Å². The molecule has 2 fully saturated rings. The van der Waals surface area contributed by atoms with Gasteiger partial charge in [-0.25, -0.2) is 9.97 Å². The second-order valence-electron chi connectivity index (χ2n) is 9.92. The predicted molar refractivity (Wildman–Crippen MR) is 135 cm³/mol. The number of hydrogen-bond donors (Lipinski definition) is 1. The van der Waals surface area contributed by atoms with Gasteiger partial charge in [0.05, 0.1) is 24.3 Å². The number of hydrogen-bond acceptors (Lipinski definition) is 8. The fraction of sp³-hybridized carbons (Fsp3) is 0.556. The van der Waals surface area contributed by atoms with E-state index in [1.807, 2.05) is 30.0 Å². The highest BCUT2D eigenvalue weighted by Crippen LogP contribution is 2.28. The van der Waals surface area contributed by atoms with Crippen LogP contribution in [0.5, 0.6) is 0 Å². The lowest BCUT2D eigenvalue weighted by Crippen LogP contribution is -2.54. The maximum Gasteiger partial charge on any atom is 0.272 e. The number of rotatable bonds is 5. The van der Waals surface area contributed by atoms with Gasteiger partial charge in [0, 0.05) is 57.5 Å². The third kappa shape index (κ3) is 5.07. The zero-order valence-electron chi connectivity index (χ0n) is 21.1. The molecule has 9 heteroatoms. The van der Waals surface area contributed by atoms with Gasteiger partial charge in [0.2, 0.25) is 0 Å². The summed E-state index contributed by atoms with van der Waals surface area (Å²) >= 11 is 0. The molecule has 190 valence electrons. The fourth-order valence-corrected chi connectivity index (χ4v) is 5.62. The summed E-state index contributed by atoms with van der Waals surface area (Å²) in [7, 11) is 1.74. The molecular weight excluding hydrogens is 456 g/mol. The normalized spacial score (nSPS) is 22.7. The van der Waals surface area contributed by atoms with E-state index in [1.165, 1.54) is 11.9 Å². The number of carbonyl (C=O) groups excluding carboxylic acids is 1. The third-order valence-corrected chi connectivity index (χ3v) is 7.75. The van der Waals surface area contributed by atoms with Crippen molar-refractivity contribution in [1.82, 2.24) is 20.2 Å². The lowest BCUT2D eigenvalue weighted by Gasteiger charge is -2.38. The van der Waals surface area contributed by atoms with Crippen molar-refractivity contribution >= 4 is 11.7 Å². The summed E-state index contributed by atoms with van der Waals surface area (Å²) in [5.41, 5.74) is 4.36. The summed E-state index contributed by atoms with van der Waals surface area (Å²) < 4.78 is 11.1. The minimum absolute atomic E-state index is 0.0281. The molecule has 4 heterocycles. The Morgan fingerprint density at radius 2 is 2.03 bits per heavy atom. The standard InChI is InChI=1S/C27H34N6O3/c1-18-25(27(34)32-10-6-22(7-11-32)31-23-8-12-36-16-24(23)35-2)29-17-30-26(18)33-9-5-20-4-3-19(14-28)13-21(20)15-33/h3-4,13,17,22-24,31H,5-12,15-16H2,1-2H3. The molecule has 1 aromatic heterocycles. The lowest BCUT2D eigenvalue weighted by atomic mass is 9.97. The second kappa shape index (κ2) is 10.9. The summed E-state index contributed by atoms with van der Waals surface area (Å²) in [6, 6.07) is 8.76. The van der Waals surface area contributed by atoms with Crippen molar-refractivity contribution in [3.63, 3.8) is 0 Å². The Bertz CT molecular complexity index is 1140. The number of anilines is 1. The molecule has 0 saturated carbocycles. The van der Waals surface area contributed by atoms with E-state index in [2.05, 4.69) is 26.3 Å². The molecule has 0 radical (unpaired) electrons. The number of nitrogens with zero attached hydrogens (tertiary/aromatic N) is 5. The van der Waals surface area contributed by atoms with E-state index >= 15 is 0 Å². The first-order chi connectivity index (χ1) is 17.6. The van der Waals surface area contributed by atoms with Gasteiger partial charge < -0.3 is 24.6 Å². The summed E-state index contributed by atoms with van der Waals surface area (Å²) in [5.74, 6) is 0.766. The van der Waals surface area contributed by atoms with Gasteiger partial charge in [0.1, 0.15) is 17.8 Å². The maximum absolute atomic E-state index is 13.5. The largest absolute Gasteiger partial charge is 0.379 e. The molecule has 36 heavy (non-hydrogen) atoms. The lowest BCUT2D eigenvalue weighted by molar-refractivity contribution is -0.0533. The number of nitrogens with one attached hydrogen (secondary N) is 1. The Hall–Kier alpha value is -3.06. The van der Waals surface area contributed by atoms with Crippen molar-refractivity contribution in [1.29, 1.82) is 5.26 Å². The number of piperidine rings is 1. The number of likely N-dealkylation sites (tertiary alicyclic amines) is 1. The quantitative estimate of drug-likeness (QED) is 0.681. The van der Waals surface area contributed by atoms with Gasteiger partial charge >= 0.3 is 0 Å². The van der Waals surface area contributed by atoms with Crippen LogP contribution in [0, 0.1) is 18.3 Å². The van der Waals surface area contributed by atoms with Gasteiger partial charge in [-0.2, -0.15) is 5.26 Å². The molecule has 2 unspecified atom stereocenters. The summed E-state index contributed by atoms with van der Waals surface area (Å²) in [5, 5.41) is 13.0. The fourth-order valence-electron chi connectivity index (χ4n) is 5.62. The number of methoxy groups -OCH3 is 1. The van der Waals surface area contributed by atoms with Crippen LogP contribution in [0.2, 0.25) is 0 Å². The average Bonchev–Trinajstić information content (AvgIpc) is 2.93. The van der Waals surface area contributed by atoms with E-state index in [9.17, 15) is 10.1 Å². The van der Waals surface area contributed by atoms with Gasteiger partial charge in [-0.05, 0) is 55.9 Å². The monoisotopic (exact) mass is 490 g/mol. The Kier molecular flexibility index (Phi) is 7.46. The minimum Gasteiger partial charge on any atom is -0.379 e. The molecule has 2 saturated heterocycles. The van der Waals surface area contributed by atoms with Crippen LogP contribution in [-0.2, 0) is 22.4 Å². The minimum atomic E-state index is -0.0281. The number of amides is 1. The second-order valence-corrected chi connectivity index (χ2v) is 9.92. The molecule has 2 aromatic rings. The number of carbonyl (C=O) groups is 1. The van der Waals surface area contributed by atoms with E-state index in [-0.39, 0.29) is 12.0 Å². The third-order valence-electron chi connectivity index (χ3n) is 7.75. The zero-order valence-corrected chi connectivity index (χ0v) is 21.1. The van der Waals surface area contributed by atoms with Crippen LogP contribution in [0.1, 0.15) is 52.0 Å². The van der Waals surface area contributed by atoms with Crippen molar-refractivity contribution < 1.29 is 14.3 Å². The summed E-state index contributed by atoms with van der Waals surface area (Å²) in [4.78, 5) is 26.5. The van der Waals surface area contributed by atoms with Crippen LogP contribution < -0.4 is 10.2 Å². The number of fused-ring (bicyclic) bond motifs is 1. The Balaban J connectivity index is 1.23. The van der Waals surface area contributed by atoms with Crippen LogP contribution in [0.3, 0.4) is 0 Å². The number of nitriles is 1. The molecule has 1 aromatic carbocycles. The first kappa shape index (κ1) is 24.6. The molecular formula is C27H34N6O3. The summed E-state index contributed by atoms with van der Waals surface area (Å²) in [6.45, 7) is 6.20. The van der Waals surface area contributed by atoms with Gasteiger partial charge in [-0.15, -0.1) is 0 Å². The van der Waals surface area contributed by atoms with Gasteiger partial charge in [-0.3, -0.25) is 4.79 Å². The van der Waals surface area contributed by atoms with E-state index in [4.69, 9.17) is 9.47 Å². The van der Waals surface area contributed by atoms with Crippen molar-refractivity contribution in [2.45, 2.75) is 57.3 Å². The zero-order chi connectivity index (χ0) is 25.1. The van der Waals surface area contributed by atoms with E-state index in [0.29, 0.717) is 49.6 Å². The van der Waals surface area contributed by atoms with Gasteiger partial charge in [-0.1, -0.05) is 6.07 Å². The highest BCUT2D eigenvalue weighted by molar-refractivity contribution is 5.94. The maximum atomic E-state index is 13.5. The highest BCUT2D eigenvalue weighted by atomic mass is 16.5. The van der Waals surface area contributed by atoms with Crippen LogP contribution in [0.15, 0.2) is 24.5 Å². The van der Waals surface area contributed by atoms with E-state index in [1.54, 1.807) is 7.11 Å². The molecule has 2 atom stereocenters. The topological polar surface area (TPSA) is 104 Å². The highest BCUT2D eigenvalue weighted by Gasteiger charge is 2.31. The Labute approximate surface area is 212 Å². The molecule has 0 aliphatic carbocycles. The first-order valence-electron chi connectivity index (χ1n) is 12.8. The number of ether oxygens (including phenoxy) is 2. The van der Waals surface area contributed by atoms with Crippen LogP contribution in [0.4, 0.5) is 5.82 Å². The van der Waals surface area contributed by atoms with Crippen molar-refractivity contribution in [3.05, 3.63) is 52.5 Å². The first-order valence-corrected chi connectivity index (χ1v) is 12.8. The molecule has 0 bridgehead atoms. The SMILES string of the molecule is COC1COCCC1NC1CCN(C(=O)c2ncnc(N3CCc4ccc(C#N)cc4C3)c2C)CC1. The van der Waals surface area contributed by atoms with Gasteiger partial charge in [0.15, 0.2) is 0 Å². The van der Waals surface area contributed by atoms with Crippen LogP contribution in [0.25, 0.3) is 0 Å². The molecule has 1 N–H and O–H groups in total. The predicted octanol–water partition coefficient (Wildman–Crippen LogP) is 2.22. The van der Waals surface area contributed by atoms with Crippen molar-refractivity contribution in [3.8, 4) is 6.07 Å².